The standard InChI is InChI=1S/C22H23N3O2/c1-4-10-25-21(15-8-6-5-7-9-15)18-19(23-24-20(18)22(25)27)17-14(3)11-13(2)12-16(17)26/h5-9,11-12,21,26H,4,10H2,1-3H3,(H,23,24). The van der Waals surface area contributed by atoms with E-state index in [1.54, 1.807) is 6.07 Å². The number of nitrogens with one attached hydrogen (secondary N) is 1. The number of aryl methyl sites for hydroxylation is 2. The lowest BCUT2D eigenvalue weighted by Crippen LogP contribution is -2.30. The van der Waals surface area contributed by atoms with Crippen LogP contribution in [0.3, 0.4) is 0 Å². The van der Waals surface area contributed by atoms with Gasteiger partial charge in [-0.2, -0.15) is 5.10 Å². The van der Waals surface area contributed by atoms with Gasteiger partial charge in [0.1, 0.15) is 17.1 Å². The molecule has 138 valence electrons. The van der Waals surface area contributed by atoms with E-state index < -0.39 is 0 Å². The summed E-state index contributed by atoms with van der Waals surface area (Å²) >= 11 is 0. The Balaban J connectivity index is 1.95. The zero-order valence-electron chi connectivity index (χ0n) is 15.8. The summed E-state index contributed by atoms with van der Waals surface area (Å²) in [5.74, 6) is 0.152. The lowest BCUT2D eigenvalue weighted by molar-refractivity contribution is 0.0744. The fourth-order valence-corrected chi connectivity index (χ4v) is 4.09. The predicted octanol–water partition coefficient (Wildman–Crippen LogP) is 4.35. The molecule has 2 heterocycles. The number of nitrogens with zero attached hydrogens (tertiary/aromatic N) is 2. The number of H-pyrrole nitrogens is 1. The molecule has 2 N–H and O–H groups in total. The van der Waals surface area contributed by atoms with Crippen molar-refractivity contribution in [2.75, 3.05) is 6.54 Å². The fourth-order valence-electron chi connectivity index (χ4n) is 4.09. The van der Waals surface area contributed by atoms with E-state index in [0.29, 0.717) is 23.5 Å². The topological polar surface area (TPSA) is 69.2 Å². The van der Waals surface area contributed by atoms with Crippen LogP contribution in [0, 0.1) is 13.8 Å². The molecule has 0 saturated heterocycles. The van der Waals surface area contributed by atoms with Crippen LogP contribution in [0.1, 0.15) is 52.1 Å². The molecule has 0 spiro atoms. The van der Waals surface area contributed by atoms with Crippen molar-refractivity contribution < 1.29 is 9.90 Å². The third kappa shape index (κ3) is 2.70. The molecule has 1 aliphatic rings. The van der Waals surface area contributed by atoms with Crippen LogP contribution in [-0.2, 0) is 0 Å². The maximum absolute atomic E-state index is 13.0. The van der Waals surface area contributed by atoms with Gasteiger partial charge in [0.15, 0.2) is 0 Å². The quantitative estimate of drug-likeness (QED) is 0.726. The van der Waals surface area contributed by atoms with E-state index in [2.05, 4.69) is 17.1 Å². The molecule has 5 nitrogen and oxygen atoms in total. The van der Waals surface area contributed by atoms with Crippen molar-refractivity contribution in [3.05, 3.63) is 70.4 Å². The monoisotopic (exact) mass is 361 g/mol. The van der Waals surface area contributed by atoms with E-state index >= 15 is 0 Å². The number of aromatic nitrogens is 2. The summed E-state index contributed by atoms with van der Waals surface area (Å²) < 4.78 is 0. The Bertz CT molecular complexity index is 985. The van der Waals surface area contributed by atoms with Crippen LogP contribution in [-0.4, -0.2) is 32.7 Å². The van der Waals surface area contributed by atoms with E-state index in [0.717, 1.165) is 28.7 Å². The lowest BCUT2D eigenvalue weighted by atomic mass is 9.93. The highest BCUT2D eigenvalue weighted by Crippen LogP contribution is 2.45. The second-order valence-electron chi connectivity index (χ2n) is 7.15. The van der Waals surface area contributed by atoms with Crippen molar-refractivity contribution >= 4 is 5.91 Å². The Morgan fingerprint density at radius 2 is 1.93 bits per heavy atom. The third-order valence-corrected chi connectivity index (χ3v) is 5.14. The minimum absolute atomic E-state index is 0.0382. The SMILES string of the molecule is CCCN1C(=O)c2[nH]nc(-c3c(C)cc(C)cc3O)c2C1c1ccccc1. The lowest BCUT2D eigenvalue weighted by Gasteiger charge is -2.26. The molecule has 2 aromatic carbocycles. The minimum Gasteiger partial charge on any atom is -0.507 e. The predicted molar refractivity (Wildman–Crippen MR) is 105 cm³/mol. The summed E-state index contributed by atoms with van der Waals surface area (Å²) in [5.41, 5.74) is 5.68. The number of rotatable bonds is 4. The molecule has 4 rings (SSSR count). The van der Waals surface area contributed by atoms with Crippen molar-refractivity contribution in [1.82, 2.24) is 15.1 Å². The average molecular weight is 361 g/mol. The number of aromatic amines is 1. The summed E-state index contributed by atoms with van der Waals surface area (Å²) in [6, 6.07) is 13.6. The Morgan fingerprint density at radius 3 is 2.59 bits per heavy atom. The van der Waals surface area contributed by atoms with Crippen molar-refractivity contribution in [1.29, 1.82) is 0 Å². The van der Waals surface area contributed by atoms with Gasteiger partial charge in [0.05, 0.1) is 6.04 Å². The third-order valence-electron chi connectivity index (χ3n) is 5.14. The second kappa shape index (κ2) is 6.58. The normalized spacial score (nSPS) is 16.0. The van der Waals surface area contributed by atoms with Gasteiger partial charge < -0.3 is 10.0 Å². The molecular weight excluding hydrogens is 338 g/mol. The summed E-state index contributed by atoms with van der Waals surface area (Å²) in [6.45, 7) is 6.64. The molecule has 0 aliphatic carbocycles. The largest absolute Gasteiger partial charge is 0.507 e. The average Bonchev–Trinajstić information content (AvgIpc) is 3.16. The number of phenols is 1. The highest BCUT2D eigenvalue weighted by Gasteiger charge is 2.42. The molecule has 1 aromatic heterocycles. The number of carbonyl (C=O) groups is 1. The van der Waals surface area contributed by atoms with Gasteiger partial charge in [-0.05, 0) is 43.0 Å². The molecular formula is C22H23N3O2. The van der Waals surface area contributed by atoms with Crippen LogP contribution < -0.4 is 0 Å². The smallest absolute Gasteiger partial charge is 0.273 e. The number of hydrogen-bond acceptors (Lipinski definition) is 3. The van der Waals surface area contributed by atoms with Crippen LogP contribution >= 0.6 is 0 Å². The zero-order chi connectivity index (χ0) is 19.1. The van der Waals surface area contributed by atoms with Gasteiger partial charge in [0.2, 0.25) is 0 Å². The molecule has 27 heavy (non-hydrogen) atoms. The molecule has 0 saturated carbocycles. The number of amides is 1. The molecule has 0 radical (unpaired) electrons. The van der Waals surface area contributed by atoms with Gasteiger partial charge in [-0.15, -0.1) is 0 Å². The fraction of sp³-hybridized carbons (Fsp3) is 0.273. The minimum atomic E-state index is -0.206. The molecule has 5 heteroatoms. The van der Waals surface area contributed by atoms with Crippen molar-refractivity contribution in [3.63, 3.8) is 0 Å². The first-order valence-electron chi connectivity index (χ1n) is 9.27. The van der Waals surface area contributed by atoms with Crippen molar-refractivity contribution in [2.45, 2.75) is 33.2 Å². The first-order chi connectivity index (χ1) is 13.0. The zero-order valence-corrected chi connectivity index (χ0v) is 15.8. The summed E-state index contributed by atoms with van der Waals surface area (Å²) in [6.07, 6.45) is 0.872. The number of carbonyl (C=O) groups excluding carboxylic acids is 1. The first-order valence-corrected chi connectivity index (χ1v) is 9.27. The van der Waals surface area contributed by atoms with Crippen LogP contribution in [0.5, 0.6) is 5.75 Å². The second-order valence-corrected chi connectivity index (χ2v) is 7.15. The van der Waals surface area contributed by atoms with Crippen molar-refractivity contribution in [2.24, 2.45) is 0 Å². The highest BCUT2D eigenvalue weighted by molar-refractivity contribution is 6.00. The van der Waals surface area contributed by atoms with Gasteiger partial charge in [-0.25, -0.2) is 0 Å². The summed E-state index contributed by atoms with van der Waals surface area (Å²) in [4.78, 5) is 14.9. The number of fused-ring (bicyclic) bond motifs is 1. The van der Waals surface area contributed by atoms with Gasteiger partial charge >= 0.3 is 0 Å². The number of benzene rings is 2. The summed E-state index contributed by atoms with van der Waals surface area (Å²) in [5, 5.41) is 18.0. The maximum atomic E-state index is 13.0. The van der Waals surface area contributed by atoms with E-state index in [1.165, 1.54) is 0 Å². The van der Waals surface area contributed by atoms with Crippen LogP contribution in [0.25, 0.3) is 11.3 Å². The molecule has 1 atom stereocenters. The molecule has 0 bridgehead atoms. The van der Waals surface area contributed by atoms with E-state index in [4.69, 9.17) is 0 Å². The van der Waals surface area contributed by atoms with Crippen molar-refractivity contribution in [3.8, 4) is 17.0 Å². The Morgan fingerprint density at radius 1 is 1.19 bits per heavy atom. The molecule has 1 aliphatic heterocycles. The summed E-state index contributed by atoms with van der Waals surface area (Å²) in [7, 11) is 0. The first kappa shape index (κ1) is 17.3. The number of aromatic hydroxyl groups is 1. The Hall–Kier alpha value is -3.08. The van der Waals surface area contributed by atoms with Crippen LogP contribution in [0.15, 0.2) is 42.5 Å². The van der Waals surface area contributed by atoms with Crippen LogP contribution in [0.2, 0.25) is 0 Å². The Kier molecular flexibility index (Phi) is 4.22. The van der Waals surface area contributed by atoms with Gasteiger partial charge in [0, 0.05) is 17.7 Å². The van der Waals surface area contributed by atoms with Crippen LogP contribution in [0.4, 0.5) is 0 Å². The van der Waals surface area contributed by atoms with Gasteiger partial charge in [-0.3, -0.25) is 9.89 Å². The van der Waals surface area contributed by atoms with E-state index in [1.807, 2.05) is 55.1 Å². The molecule has 0 fully saturated rings. The molecule has 3 aromatic rings. The number of hydrogen-bond donors (Lipinski definition) is 2. The molecule has 1 amide bonds. The van der Waals surface area contributed by atoms with E-state index in [9.17, 15) is 9.90 Å². The number of phenolic OH excluding ortho intramolecular Hbond substituents is 1. The maximum Gasteiger partial charge on any atom is 0.273 e. The molecule has 1 unspecified atom stereocenters. The Labute approximate surface area is 158 Å². The van der Waals surface area contributed by atoms with E-state index in [-0.39, 0.29) is 17.7 Å². The van der Waals surface area contributed by atoms with Gasteiger partial charge in [-0.1, -0.05) is 43.3 Å². The van der Waals surface area contributed by atoms with Gasteiger partial charge in [0.25, 0.3) is 5.91 Å². The highest BCUT2D eigenvalue weighted by atomic mass is 16.3.